The first-order valence-corrected chi connectivity index (χ1v) is 32.8. The molecular formula is C24H62O7Si6. The first-order valence-electron chi connectivity index (χ1n) is 14.1. The molecule has 0 rings (SSSR count). The van der Waals surface area contributed by atoms with E-state index in [0.717, 1.165) is 37.8 Å². The molecule has 0 aliphatic rings. The highest BCUT2D eigenvalue weighted by atomic mass is 28.5. The van der Waals surface area contributed by atoms with E-state index in [1.54, 1.807) is 0 Å². The molecule has 7 nitrogen and oxygen atoms in total. The van der Waals surface area contributed by atoms with Crippen LogP contribution in [0.25, 0.3) is 0 Å². The second-order valence-corrected chi connectivity index (χ2v) is 40.1. The molecule has 0 aliphatic heterocycles. The van der Waals surface area contributed by atoms with E-state index in [1.807, 2.05) is 0 Å². The molecule has 0 fully saturated rings. The van der Waals surface area contributed by atoms with Crippen LogP contribution >= 0.6 is 0 Å². The average Bonchev–Trinajstić information content (AvgIpc) is 2.57. The molecule has 13 heteroatoms. The molecule has 0 aromatic rings. The van der Waals surface area contributed by atoms with Gasteiger partial charge in [0.15, 0.2) is 39.6 Å². The molecule has 0 spiro atoms. The Kier molecular flexibility index (Phi) is 16.3. The highest BCUT2D eigenvalue weighted by Crippen LogP contribution is 2.27. The Balaban J connectivity index is 4.27. The van der Waals surface area contributed by atoms with Gasteiger partial charge in [0.25, 0.3) is 0 Å². The Bertz CT molecular complexity index is 595. The van der Waals surface area contributed by atoms with E-state index in [2.05, 4.69) is 91.7 Å². The van der Waals surface area contributed by atoms with Crippen LogP contribution in [-0.4, -0.2) is 81.6 Å². The SMILES string of the molecule is C[Si](C)(C)O[Si](C)(CCCCOCC(O)OCCCC[Si](C)(O[Si](C)(C)C)O[Si](C)(C)C)O[Si](C)(C)C. The fourth-order valence-electron chi connectivity index (χ4n) is 4.49. The third-order valence-electron chi connectivity index (χ3n) is 4.85. The number of aliphatic hydroxyl groups excluding tert-OH is 1. The summed E-state index contributed by atoms with van der Waals surface area (Å²) < 4.78 is 37.5. The van der Waals surface area contributed by atoms with Crippen LogP contribution in [0.1, 0.15) is 25.7 Å². The lowest BCUT2D eigenvalue weighted by atomic mass is 10.3. The summed E-state index contributed by atoms with van der Waals surface area (Å²) in [6.07, 6.45) is 2.91. The lowest BCUT2D eigenvalue weighted by molar-refractivity contribution is -0.138. The molecule has 1 unspecified atom stereocenters. The maximum atomic E-state index is 10.2. The van der Waals surface area contributed by atoms with E-state index in [0.29, 0.717) is 13.2 Å². The predicted octanol–water partition coefficient (Wildman–Crippen LogP) is 7.45. The Morgan fingerprint density at radius 1 is 0.486 bits per heavy atom. The van der Waals surface area contributed by atoms with Crippen molar-refractivity contribution in [1.82, 2.24) is 0 Å². The lowest BCUT2D eigenvalue weighted by Crippen LogP contribution is -2.52. The van der Waals surface area contributed by atoms with Crippen LogP contribution in [0.2, 0.25) is 104 Å². The normalized spacial score (nSPS) is 15.3. The Hall–Kier alpha value is 1.02. The fourth-order valence-corrected chi connectivity index (χ4v) is 29.7. The molecule has 1 atom stereocenters. The van der Waals surface area contributed by atoms with Gasteiger partial charge >= 0.3 is 17.1 Å². The van der Waals surface area contributed by atoms with Gasteiger partial charge in [-0.2, -0.15) is 0 Å². The van der Waals surface area contributed by atoms with E-state index >= 15 is 0 Å². The summed E-state index contributed by atoms with van der Waals surface area (Å²) in [6, 6.07) is 1.94. The summed E-state index contributed by atoms with van der Waals surface area (Å²) >= 11 is 0. The molecule has 224 valence electrons. The molecule has 0 aromatic carbocycles. The number of hydrogen-bond acceptors (Lipinski definition) is 7. The van der Waals surface area contributed by atoms with Gasteiger partial charge in [-0.15, -0.1) is 0 Å². The van der Waals surface area contributed by atoms with Crippen molar-refractivity contribution in [3.8, 4) is 0 Å². The first kappa shape index (κ1) is 38.0. The van der Waals surface area contributed by atoms with E-state index < -0.39 is 56.7 Å². The van der Waals surface area contributed by atoms with Gasteiger partial charge in [-0.3, -0.25) is 0 Å². The smallest absolute Gasteiger partial charge is 0.314 e. The van der Waals surface area contributed by atoms with Gasteiger partial charge < -0.3 is 31.0 Å². The minimum Gasteiger partial charge on any atom is -0.437 e. The third-order valence-corrected chi connectivity index (χ3v) is 24.1. The van der Waals surface area contributed by atoms with E-state index in [9.17, 15) is 5.11 Å². The zero-order valence-corrected chi connectivity index (χ0v) is 32.8. The highest BCUT2D eigenvalue weighted by Gasteiger charge is 2.40. The Labute approximate surface area is 236 Å². The monoisotopic (exact) mass is 630 g/mol. The summed E-state index contributed by atoms with van der Waals surface area (Å²) in [5, 5.41) is 10.2. The van der Waals surface area contributed by atoms with Crippen LogP contribution in [0, 0.1) is 0 Å². The van der Waals surface area contributed by atoms with Crippen molar-refractivity contribution in [2.24, 2.45) is 0 Å². The second-order valence-electron chi connectivity index (χ2n) is 14.4. The van der Waals surface area contributed by atoms with Crippen LogP contribution in [0.15, 0.2) is 0 Å². The lowest BCUT2D eigenvalue weighted by Gasteiger charge is -2.38. The van der Waals surface area contributed by atoms with Crippen molar-refractivity contribution in [1.29, 1.82) is 0 Å². The summed E-state index contributed by atoms with van der Waals surface area (Å²) in [4.78, 5) is 0. The number of ether oxygens (including phenoxy) is 2. The van der Waals surface area contributed by atoms with Crippen LogP contribution in [0.4, 0.5) is 0 Å². The Morgan fingerprint density at radius 2 is 0.811 bits per heavy atom. The highest BCUT2D eigenvalue weighted by molar-refractivity contribution is 6.88. The maximum absolute atomic E-state index is 10.2. The van der Waals surface area contributed by atoms with Crippen LogP contribution in [0.3, 0.4) is 0 Å². The van der Waals surface area contributed by atoms with E-state index in [1.165, 1.54) is 0 Å². The van der Waals surface area contributed by atoms with Crippen molar-refractivity contribution in [3.05, 3.63) is 0 Å². The molecule has 0 heterocycles. The fraction of sp³-hybridized carbons (Fsp3) is 1.00. The van der Waals surface area contributed by atoms with Gasteiger partial charge in [0.2, 0.25) is 0 Å². The minimum atomic E-state index is -2.20. The minimum absolute atomic E-state index is 0.204. The van der Waals surface area contributed by atoms with Gasteiger partial charge in [-0.25, -0.2) is 0 Å². The van der Waals surface area contributed by atoms with Gasteiger partial charge in [-0.1, -0.05) is 0 Å². The van der Waals surface area contributed by atoms with Gasteiger partial charge in [0, 0.05) is 13.2 Å². The summed E-state index contributed by atoms with van der Waals surface area (Å²) in [6.45, 7) is 32.6. The largest absolute Gasteiger partial charge is 0.437 e. The maximum Gasteiger partial charge on any atom is 0.314 e. The number of unbranched alkanes of at least 4 members (excludes halogenated alkanes) is 2. The van der Waals surface area contributed by atoms with Crippen LogP contribution in [0.5, 0.6) is 0 Å². The van der Waals surface area contributed by atoms with Crippen molar-refractivity contribution in [3.63, 3.8) is 0 Å². The molecule has 37 heavy (non-hydrogen) atoms. The third kappa shape index (κ3) is 23.4. The molecule has 1 N–H and O–H groups in total. The molecule has 0 aliphatic carbocycles. The zero-order valence-electron chi connectivity index (χ0n) is 26.8. The van der Waals surface area contributed by atoms with Crippen molar-refractivity contribution < 1.29 is 31.0 Å². The van der Waals surface area contributed by atoms with Crippen LogP contribution in [-0.2, 0) is 25.9 Å². The summed E-state index contributed by atoms with van der Waals surface area (Å²) in [7, 11) is -11.1. The molecule has 0 saturated carbocycles. The predicted molar refractivity (Wildman–Crippen MR) is 172 cm³/mol. The molecule has 0 radical (unpaired) electrons. The molecule has 0 bridgehead atoms. The average molecular weight is 631 g/mol. The standard InChI is InChI=1S/C24H62O7Si6/c1-32(2,3)28-36(13,29-33(4,5)6)21-17-15-19-26-23-24(25)27-20-16-18-22-37(14,30-34(7,8)9)31-35(10,11)12/h24-25H,15-23H2,1-14H3. The molecule has 0 aromatic heterocycles. The molecular weight excluding hydrogens is 569 g/mol. The first-order chi connectivity index (χ1) is 16.4. The molecule has 0 saturated heterocycles. The number of aliphatic hydroxyl groups is 1. The van der Waals surface area contributed by atoms with Crippen molar-refractivity contribution >= 4 is 50.4 Å². The van der Waals surface area contributed by atoms with Crippen molar-refractivity contribution in [2.45, 2.75) is 136 Å². The van der Waals surface area contributed by atoms with Crippen LogP contribution < -0.4 is 0 Å². The summed E-state index contributed by atoms with van der Waals surface area (Å²) in [5.74, 6) is 0. The topological polar surface area (TPSA) is 75.6 Å². The van der Waals surface area contributed by atoms with E-state index in [4.69, 9.17) is 25.9 Å². The second kappa shape index (κ2) is 15.9. The van der Waals surface area contributed by atoms with E-state index in [-0.39, 0.29) is 6.61 Å². The Morgan fingerprint density at radius 3 is 1.14 bits per heavy atom. The quantitative estimate of drug-likeness (QED) is 0.0802. The number of hydrogen-bond donors (Lipinski definition) is 1. The summed E-state index contributed by atoms with van der Waals surface area (Å²) in [5.41, 5.74) is 0. The van der Waals surface area contributed by atoms with Crippen molar-refractivity contribution in [2.75, 3.05) is 19.8 Å². The number of rotatable bonds is 21. The van der Waals surface area contributed by atoms with Gasteiger partial charge in [0.1, 0.15) is 0 Å². The van der Waals surface area contributed by atoms with Gasteiger partial charge in [0.05, 0.1) is 6.61 Å². The van der Waals surface area contributed by atoms with Gasteiger partial charge in [-0.05, 0) is 129 Å². The molecule has 0 amide bonds. The zero-order chi connectivity index (χ0) is 29.2.